The minimum Gasteiger partial charge on any atom is -0.361 e. The molecule has 1 fully saturated rings. The van der Waals surface area contributed by atoms with Crippen LogP contribution >= 0.6 is 0 Å². The van der Waals surface area contributed by atoms with Gasteiger partial charge in [-0.05, 0) is 44.2 Å². The number of likely N-dealkylation sites (N-methyl/N-ethyl adjacent to an activating group) is 1. The van der Waals surface area contributed by atoms with E-state index in [1.54, 1.807) is 0 Å². The summed E-state index contributed by atoms with van der Waals surface area (Å²) in [6.07, 6.45) is 1.08. The second-order valence-corrected chi connectivity index (χ2v) is 7.95. The molecule has 2 aromatic heterocycles. The summed E-state index contributed by atoms with van der Waals surface area (Å²) in [4.78, 5) is 7.24. The molecule has 31 heavy (non-hydrogen) atoms. The molecule has 8 nitrogen and oxygen atoms in total. The summed E-state index contributed by atoms with van der Waals surface area (Å²) in [6, 6.07) is 16.8. The summed E-state index contributed by atoms with van der Waals surface area (Å²) in [6.45, 7) is 4.52. The Bertz CT molecular complexity index is 1190. The first kappa shape index (κ1) is 19.4. The van der Waals surface area contributed by atoms with Crippen molar-refractivity contribution in [2.45, 2.75) is 25.9 Å². The van der Waals surface area contributed by atoms with Gasteiger partial charge in [-0.3, -0.25) is 5.10 Å². The number of aromatic nitrogens is 5. The molecule has 4 aromatic rings. The molecule has 0 amide bonds. The van der Waals surface area contributed by atoms with Crippen LogP contribution in [-0.2, 0) is 6.54 Å². The van der Waals surface area contributed by atoms with Crippen molar-refractivity contribution in [3.8, 4) is 11.4 Å². The Morgan fingerprint density at radius 3 is 2.81 bits per heavy atom. The van der Waals surface area contributed by atoms with E-state index in [0.717, 1.165) is 47.5 Å². The lowest BCUT2D eigenvalue weighted by molar-refractivity contribution is 0.616. The van der Waals surface area contributed by atoms with Crippen LogP contribution in [0.2, 0.25) is 0 Å². The number of fused-ring (bicyclic) bond motifs is 1. The lowest BCUT2D eigenvalue weighted by atomic mass is 10.1. The van der Waals surface area contributed by atoms with Crippen LogP contribution in [0.4, 0.5) is 11.6 Å². The largest absolute Gasteiger partial charge is 0.361 e. The second-order valence-electron chi connectivity index (χ2n) is 7.95. The van der Waals surface area contributed by atoms with Crippen LogP contribution in [0.25, 0.3) is 22.3 Å². The number of aromatic amines is 1. The normalized spacial score (nSPS) is 16.2. The third kappa shape index (κ3) is 3.94. The van der Waals surface area contributed by atoms with E-state index in [9.17, 15) is 0 Å². The molecule has 0 bridgehead atoms. The average Bonchev–Trinajstić information content (AvgIpc) is 3.45. The highest BCUT2D eigenvalue weighted by Gasteiger charge is 2.26. The first-order valence-corrected chi connectivity index (χ1v) is 10.6. The Labute approximate surface area is 181 Å². The molecule has 1 aliphatic heterocycles. The summed E-state index contributed by atoms with van der Waals surface area (Å²) in [5, 5.41) is 24.2. The molecule has 1 atom stereocenters. The third-order valence-corrected chi connectivity index (χ3v) is 5.87. The van der Waals surface area contributed by atoms with Gasteiger partial charge in [0.2, 0.25) is 0 Å². The molecular formula is C23H26N8. The average molecular weight is 415 g/mol. The van der Waals surface area contributed by atoms with Crippen LogP contribution in [0.3, 0.4) is 0 Å². The van der Waals surface area contributed by atoms with Crippen LogP contribution in [0.5, 0.6) is 0 Å². The SMILES string of the molecule is CNC1CCN(c2nc(-c3ccc4n[nH]c(C)c4c3)nnc2NCc2ccccc2)C1. The molecule has 5 rings (SSSR count). The van der Waals surface area contributed by atoms with Gasteiger partial charge < -0.3 is 15.5 Å². The first-order chi connectivity index (χ1) is 15.2. The summed E-state index contributed by atoms with van der Waals surface area (Å²) >= 11 is 0. The topological polar surface area (TPSA) is 94.6 Å². The first-order valence-electron chi connectivity index (χ1n) is 10.6. The third-order valence-electron chi connectivity index (χ3n) is 5.87. The highest BCUT2D eigenvalue weighted by molar-refractivity contribution is 5.85. The smallest absolute Gasteiger partial charge is 0.192 e. The fraction of sp³-hybridized carbons (Fsp3) is 0.304. The number of nitrogens with zero attached hydrogens (tertiary/aromatic N) is 5. The number of hydrogen-bond donors (Lipinski definition) is 3. The number of benzene rings is 2. The molecule has 3 heterocycles. The Balaban J connectivity index is 1.49. The Morgan fingerprint density at radius 2 is 2.00 bits per heavy atom. The van der Waals surface area contributed by atoms with Crippen LogP contribution in [0.15, 0.2) is 48.5 Å². The monoisotopic (exact) mass is 414 g/mol. The van der Waals surface area contributed by atoms with Gasteiger partial charge in [-0.2, -0.15) is 5.10 Å². The second kappa shape index (κ2) is 8.31. The van der Waals surface area contributed by atoms with E-state index in [1.165, 1.54) is 5.56 Å². The summed E-state index contributed by atoms with van der Waals surface area (Å²) < 4.78 is 0. The van der Waals surface area contributed by atoms with Gasteiger partial charge in [-0.25, -0.2) is 4.98 Å². The van der Waals surface area contributed by atoms with E-state index in [-0.39, 0.29) is 0 Å². The molecule has 1 unspecified atom stereocenters. The summed E-state index contributed by atoms with van der Waals surface area (Å²) in [5.74, 6) is 2.18. The quantitative estimate of drug-likeness (QED) is 0.446. The number of anilines is 2. The van der Waals surface area contributed by atoms with E-state index in [4.69, 9.17) is 4.98 Å². The fourth-order valence-corrected chi connectivity index (χ4v) is 4.02. The van der Waals surface area contributed by atoms with Gasteiger partial charge in [0.05, 0.1) is 5.52 Å². The predicted molar refractivity (Wildman–Crippen MR) is 123 cm³/mol. The van der Waals surface area contributed by atoms with E-state index in [0.29, 0.717) is 24.2 Å². The maximum absolute atomic E-state index is 4.96. The summed E-state index contributed by atoms with van der Waals surface area (Å²) in [7, 11) is 2.01. The van der Waals surface area contributed by atoms with Crippen molar-refractivity contribution in [2.75, 3.05) is 30.4 Å². The maximum atomic E-state index is 4.96. The molecule has 2 aromatic carbocycles. The van der Waals surface area contributed by atoms with E-state index in [2.05, 4.69) is 54.1 Å². The predicted octanol–water partition coefficient (Wildman–Crippen LogP) is 3.13. The number of nitrogens with one attached hydrogen (secondary N) is 3. The van der Waals surface area contributed by atoms with Crippen molar-refractivity contribution in [3.63, 3.8) is 0 Å². The molecule has 0 saturated carbocycles. The van der Waals surface area contributed by atoms with E-state index < -0.39 is 0 Å². The van der Waals surface area contributed by atoms with Crippen molar-refractivity contribution < 1.29 is 0 Å². The molecule has 158 valence electrons. The number of aryl methyl sites for hydroxylation is 1. The van der Waals surface area contributed by atoms with Gasteiger partial charge >= 0.3 is 0 Å². The Kier molecular flexibility index (Phi) is 5.21. The fourth-order valence-electron chi connectivity index (χ4n) is 4.02. The maximum Gasteiger partial charge on any atom is 0.192 e. The molecule has 8 heteroatoms. The lowest BCUT2D eigenvalue weighted by Gasteiger charge is -2.21. The highest BCUT2D eigenvalue weighted by atomic mass is 15.3. The minimum atomic E-state index is 0.449. The summed E-state index contributed by atoms with van der Waals surface area (Å²) in [5.41, 5.74) is 4.09. The molecule has 0 radical (unpaired) electrons. The van der Waals surface area contributed by atoms with Crippen molar-refractivity contribution in [1.29, 1.82) is 0 Å². The number of H-pyrrole nitrogens is 1. The van der Waals surface area contributed by atoms with Crippen LogP contribution in [0.1, 0.15) is 17.7 Å². The molecular weight excluding hydrogens is 388 g/mol. The Hall–Kier alpha value is -3.52. The van der Waals surface area contributed by atoms with Crippen molar-refractivity contribution in [3.05, 3.63) is 59.8 Å². The lowest BCUT2D eigenvalue weighted by Crippen LogP contribution is -2.30. The molecule has 1 saturated heterocycles. The van der Waals surface area contributed by atoms with Crippen LogP contribution in [0, 0.1) is 6.92 Å². The van der Waals surface area contributed by atoms with E-state index >= 15 is 0 Å². The zero-order chi connectivity index (χ0) is 21.2. The van der Waals surface area contributed by atoms with Gasteiger partial charge in [-0.1, -0.05) is 30.3 Å². The number of hydrogen-bond acceptors (Lipinski definition) is 7. The van der Waals surface area contributed by atoms with Gasteiger partial charge in [0.15, 0.2) is 17.5 Å². The zero-order valence-corrected chi connectivity index (χ0v) is 17.8. The molecule has 0 spiro atoms. The van der Waals surface area contributed by atoms with Gasteiger partial charge in [0.25, 0.3) is 0 Å². The standard InChI is InChI=1S/C23H26N8/c1-15-19-12-17(8-9-20(19)28-27-15)21-26-23(31-11-10-18(14-31)24-2)22(30-29-21)25-13-16-6-4-3-5-7-16/h3-9,12,18,24H,10-11,13-14H2,1-2H3,(H,25,30)(H,27,28). The van der Waals surface area contributed by atoms with Crippen molar-refractivity contribution in [2.24, 2.45) is 0 Å². The molecule has 1 aliphatic rings. The van der Waals surface area contributed by atoms with Crippen LogP contribution < -0.4 is 15.5 Å². The van der Waals surface area contributed by atoms with Gasteiger partial charge in [0.1, 0.15) is 0 Å². The van der Waals surface area contributed by atoms with Crippen molar-refractivity contribution >= 4 is 22.5 Å². The van der Waals surface area contributed by atoms with Gasteiger partial charge in [-0.15, -0.1) is 10.2 Å². The molecule has 3 N–H and O–H groups in total. The Morgan fingerprint density at radius 1 is 1.13 bits per heavy atom. The zero-order valence-electron chi connectivity index (χ0n) is 17.8. The van der Waals surface area contributed by atoms with Crippen LogP contribution in [-0.4, -0.2) is 51.6 Å². The van der Waals surface area contributed by atoms with E-state index in [1.807, 2.05) is 44.3 Å². The molecule has 0 aliphatic carbocycles. The van der Waals surface area contributed by atoms with Gasteiger partial charge in [0, 0.05) is 42.3 Å². The highest BCUT2D eigenvalue weighted by Crippen LogP contribution is 2.29. The van der Waals surface area contributed by atoms with Crippen molar-refractivity contribution in [1.82, 2.24) is 30.7 Å². The minimum absolute atomic E-state index is 0.449. The number of rotatable bonds is 6.